The summed E-state index contributed by atoms with van der Waals surface area (Å²) < 4.78 is 15.4. The van der Waals surface area contributed by atoms with Crippen molar-refractivity contribution in [3.8, 4) is 11.1 Å². The van der Waals surface area contributed by atoms with Gasteiger partial charge in [-0.15, -0.1) is 0 Å². The van der Waals surface area contributed by atoms with Crippen LogP contribution in [0.15, 0.2) is 42.5 Å². The fraction of sp³-hybridized carbons (Fsp3) is 0.533. The van der Waals surface area contributed by atoms with Crippen LogP contribution in [0.3, 0.4) is 0 Å². The van der Waals surface area contributed by atoms with Gasteiger partial charge < -0.3 is 20.6 Å². The highest BCUT2D eigenvalue weighted by Gasteiger charge is 2.43. The number of benzene rings is 2. The van der Waals surface area contributed by atoms with Crippen LogP contribution in [0.25, 0.3) is 11.1 Å². The summed E-state index contributed by atoms with van der Waals surface area (Å²) in [4.78, 5) is 17.2. The maximum absolute atomic E-state index is 15.4. The summed E-state index contributed by atoms with van der Waals surface area (Å²) in [6, 6.07) is 12.9. The van der Waals surface area contributed by atoms with Gasteiger partial charge in [-0.3, -0.25) is 0 Å². The van der Waals surface area contributed by atoms with Gasteiger partial charge in [0.25, 0.3) is 0 Å². The van der Waals surface area contributed by atoms with Crippen LogP contribution in [0.2, 0.25) is 0 Å². The highest BCUT2D eigenvalue weighted by molar-refractivity contribution is 5.75. The van der Waals surface area contributed by atoms with E-state index in [0.29, 0.717) is 49.5 Å². The number of aliphatic hydroxyl groups is 1. The van der Waals surface area contributed by atoms with Gasteiger partial charge in [0.05, 0.1) is 5.60 Å². The fourth-order valence-electron chi connectivity index (χ4n) is 6.05. The topological polar surface area (TPSA) is 69.8 Å². The predicted molar refractivity (Wildman–Crippen MR) is 143 cm³/mol. The van der Waals surface area contributed by atoms with Gasteiger partial charge in [-0.05, 0) is 73.7 Å². The largest absolute Gasteiger partial charge is 0.385 e. The Kier molecular flexibility index (Phi) is 8.68. The Morgan fingerprint density at radius 2 is 1.89 bits per heavy atom. The Bertz CT molecular complexity index is 1040. The van der Waals surface area contributed by atoms with Crippen molar-refractivity contribution in [3.05, 3.63) is 66.3 Å². The number of nitrogens with zero attached hydrogens (tertiary/aromatic N) is 2. The molecule has 0 saturated carbocycles. The summed E-state index contributed by atoms with van der Waals surface area (Å²) in [5.74, 6) is -0.0499. The van der Waals surface area contributed by atoms with Gasteiger partial charge in [0, 0.05) is 37.7 Å². The summed E-state index contributed by atoms with van der Waals surface area (Å²) in [7, 11) is 0. The molecule has 2 amide bonds. The molecule has 0 bridgehead atoms. The maximum Gasteiger partial charge on any atom is 0.320 e. The number of rotatable bonds is 7. The van der Waals surface area contributed by atoms with Crippen molar-refractivity contribution in [1.29, 1.82) is 0 Å². The molecule has 2 aliphatic rings. The Labute approximate surface area is 215 Å². The lowest BCUT2D eigenvalue weighted by atomic mass is 9.72. The number of hydrogen-bond donors (Lipinski definition) is 2. The average molecular weight is 495 g/mol. The van der Waals surface area contributed by atoms with E-state index in [1.54, 1.807) is 6.07 Å². The summed E-state index contributed by atoms with van der Waals surface area (Å²) in [5.41, 5.74) is 7.49. The minimum absolute atomic E-state index is 0.0438. The molecule has 2 saturated heterocycles. The molecular weight excluding hydrogens is 453 g/mol. The summed E-state index contributed by atoms with van der Waals surface area (Å²) in [6.07, 6.45) is 5.24. The second kappa shape index (κ2) is 11.7. The monoisotopic (exact) mass is 494 g/mol. The van der Waals surface area contributed by atoms with Crippen LogP contribution < -0.4 is 5.73 Å². The lowest BCUT2D eigenvalue weighted by molar-refractivity contribution is -0.0549. The van der Waals surface area contributed by atoms with E-state index in [9.17, 15) is 9.90 Å². The predicted octanol–water partition coefficient (Wildman–Crippen LogP) is 5.36. The zero-order valence-electron chi connectivity index (χ0n) is 21.6. The summed E-state index contributed by atoms with van der Waals surface area (Å²) in [5, 5.41) is 12.3. The van der Waals surface area contributed by atoms with E-state index in [0.717, 1.165) is 56.3 Å². The van der Waals surface area contributed by atoms with Gasteiger partial charge in [-0.1, -0.05) is 56.7 Å². The third-order valence-corrected chi connectivity index (χ3v) is 8.25. The average Bonchev–Trinajstić information content (AvgIpc) is 2.92. The summed E-state index contributed by atoms with van der Waals surface area (Å²) >= 11 is 0. The van der Waals surface area contributed by atoms with Crippen molar-refractivity contribution in [3.63, 3.8) is 0 Å². The van der Waals surface area contributed by atoms with Crippen LogP contribution in [-0.4, -0.2) is 53.7 Å². The number of halogens is 1. The lowest BCUT2D eigenvalue weighted by Crippen LogP contribution is -2.53. The number of carbonyl (C=O) groups is 1. The maximum atomic E-state index is 15.4. The number of piperidine rings is 2. The summed E-state index contributed by atoms with van der Waals surface area (Å²) in [6.45, 7) is 9.37. The van der Waals surface area contributed by atoms with Crippen molar-refractivity contribution in [2.24, 2.45) is 17.6 Å². The van der Waals surface area contributed by atoms with E-state index >= 15 is 4.39 Å². The zero-order chi connectivity index (χ0) is 25.7. The van der Waals surface area contributed by atoms with Crippen LogP contribution in [0.1, 0.15) is 56.6 Å². The molecule has 1 unspecified atom stereocenters. The van der Waals surface area contributed by atoms with Crippen LogP contribution >= 0.6 is 0 Å². The molecule has 3 N–H and O–H groups in total. The number of likely N-dealkylation sites (tertiary alicyclic amines) is 2. The van der Waals surface area contributed by atoms with Gasteiger partial charge in [0.15, 0.2) is 0 Å². The van der Waals surface area contributed by atoms with E-state index in [1.165, 1.54) is 6.07 Å². The van der Waals surface area contributed by atoms with E-state index in [4.69, 9.17) is 5.73 Å². The standard InChI is InChI=1S/C30H41FN3O2/c1-3-15-30(36,26-11-6-12-27(31)28(26)24-9-5-8-22(4-2)19-24)25-10-7-16-34(21-25)29(35)33-17-13-23(20-32)14-18-33/h5-6,8-9,11-12,19,23,25,36H,1,3-4,7,10,13-18,20-21,32H2,2H3/t25?,30-/m0/s1. The van der Waals surface area contributed by atoms with Crippen molar-refractivity contribution in [2.75, 3.05) is 32.7 Å². The molecular formula is C30H41FN3O2. The van der Waals surface area contributed by atoms with Gasteiger partial charge in [0.1, 0.15) is 5.82 Å². The normalized spacial score (nSPS) is 20.9. The van der Waals surface area contributed by atoms with E-state index in [-0.39, 0.29) is 17.8 Å². The fourth-order valence-corrected chi connectivity index (χ4v) is 6.05. The van der Waals surface area contributed by atoms with Crippen molar-refractivity contribution >= 4 is 6.03 Å². The van der Waals surface area contributed by atoms with Crippen LogP contribution in [0.4, 0.5) is 9.18 Å². The van der Waals surface area contributed by atoms with Crippen molar-refractivity contribution in [1.82, 2.24) is 9.80 Å². The van der Waals surface area contributed by atoms with Crippen molar-refractivity contribution < 1.29 is 14.3 Å². The van der Waals surface area contributed by atoms with Gasteiger partial charge in [-0.2, -0.15) is 0 Å². The minimum Gasteiger partial charge on any atom is -0.385 e. The third-order valence-electron chi connectivity index (χ3n) is 8.25. The molecule has 6 heteroatoms. The molecule has 2 aliphatic heterocycles. The van der Waals surface area contributed by atoms with Crippen LogP contribution in [-0.2, 0) is 12.0 Å². The second-order valence-corrected chi connectivity index (χ2v) is 10.5. The Morgan fingerprint density at radius 1 is 1.14 bits per heavy atom. The molecule has 0 aliphatic carbocycles. The lowest BCUT2D eigenvalue weighted by Gasteiger charge is -2.45. The molecule has 2 aromatic rings. The quantitative estimate of drug-likeness (QED) is 0.544. The SMILES string of the molecule is [CH2]CC[C@@](O)(c1cccc(F)c1-c1cccc(CC)c1)C1CCCN(C(=O)N2CCC(CN)CC2)C1. The Hall–Kier alpha value is -2.44. The zero-order valence-corrected chi connectivity index (χ0v) is 21.6. The highest BCUT2D eigenvalue weighted by Crippen LogP contribution is 2.44. The molecule has 2 fully saturated rings. The second-order valence-electron chi connectivity index (χ2n) is 10.5. The molecule has 2 aromatic carbocycles. The Morgan fingerprint density at radius 3 is 2.58 bits per heavy atom. The third kappa shape index (κ3) is 5.45. The first-order valence-electron chi connectivity index (χ1n) is 13.5. The molecule has 0 aromatic heterocycles. The molecule has 1 radical (unpaired) electrons. The first kappa shape index (κ1) is 26.6. The molecule has 195 valence electrons. The van der Waals surface area contributed by atoms with Gasteiger partial charge in [-0.25, -0.2) is 9.18 Å². The van der Waals surface area contributed by atoms with Gasteiger partial charge >= 0.3 is 6.03 Å². The molecule has 2 heterocycles. The van der Waals surface area contributed by atoms with E-state index in [2.05, 4.69) is 13.8 Å². The van der Waals surface area contributed by atoms with E-state index < -0.39 is 5.60 Å². The smallest absolute Gasteiger partial charge is 0.320 e. The molecule has 4 rings (SSSR count). The van der Waals surface area contributed by atoms with E-state index in [1.807, 2.05) is 40.1 Å². The van der Waals surface area contributed by atoms with Crippen molar-refractivity contribution in [2.45, 2.75) is 57.5 Å². The number of nitrogens with two attached hydrogens (primary N) is 1. The Balaban J connectivity index is 1.64. The first-order chi connectivity index (χ1) is 17.4. The molecule has 0 spiro atoms. The molecule has 2 atom stereocenters. The van der Waals surface area contributed by atoms with Gasteiger partial charge in [0.2, 0.25) is 0 Å². The van der Waals surface area contributed by atoms with Crippen LogP contribution in [0.5, 0.6) is 0 Å². The number of carbonyl (C=O) groups excluding carboxylic acids is 1. The highest BCUT2D eigenvalue weighted by atomic mass is 19.1. The first-order valence-corrected chi connectivity index (χ1v) is 13.5. The number of hydrogen-bond acceptors (Lipinski definition) is 3. The number of amides is 2. The van der Waals surface area contributed by atoms with Crippen LogP contribution in [0, 0.1) is 24.6 Å². The molecule has 36 heavy (non-hydrogen) atoms. The minimum atomic E-state index is -1.28. The molecule has 5 nitrogen and oxygen atoms in total. The number of aryl methyl sites for hydroxylation is 1. The number of urea groups is 1.